The minimum Gasteiger partial charge on any atom is -0.319 e. The lowest BCUT2D eigenvalue weighted by atomic mass is 10.0. The Labute approximate surface area is 216 Å². The molecule has 1 saturated heterocycles. The van der Waals surface area contributed by atoms with E-state index in [0.717, 1.165) is 42.8 Å². The van der Waals surface area contributed by atoms with Crippen LogP contribution < -0.4 is 15.8 Å². The van der Waals surface area contributed by atoms with Crippen molar-refractivity contribution in [3.63, 3.8) is 0 Å². The number of pyridine rings is 1. The van der Waals surface area contributed by atoms with Gasteiger partial charge < -0.3 is 14.8 Å². The van der Waals surface area contributed by atoms with Gasteiger partial charge in [0.2, 0.25) is 0 Å². The van der Waals surface area contributed by atoms with Gasteiger partial charge in [-0.15, -0.1) is 0 Å². The van der Waals surface area contributed by atoms with Crippen molar-refractivity contribution in [3.05, 3.63) is 75.3 Å². The van der Waals surface area contributed by atoms with Crippen molar-refractivity contribution in [2.75, 3.05) is 30.8 Å². The highest BCUT2D eigenvalue weighted by atomic mass is 32.2. The molecule has 1 aliphatic carbocycles. The lowest BCUT2D eigenvalue weighted by Crippen LogP contribution is -2.28. The zero-order valence-electron chi connectivity index (χ0n) is 19.7. The van der Waals surface area contributed by atoms with E-state index in [4.69, 9.17) is 4.98 Å². The molecule has 2 aromatic carbocycles. The second-order valence-corrected chi connectivity index (χ2v) is 11.5. The highest BCUT2D eigenvalue weighted by molar-refractivity contribution is 7.99. The highest BCUT2D eigenvalue weighted by Crippen LogP contribution is 2.41. The van der Waals surface area contributed by atoms with Crippen LogP contribution in [-0.4, -0.2) is 35.4 Å². The number of anilines is 2. The van der Waals surface area contributed by atoms with Crippen molar-refractivity contribution >= 4 is 44.7 Å². The van der Waals surface area contributed by atoms with Crippen LogP contribution in [0.5, 0.6) is 0 Å². The summed E-state index contributed by atoms with van der Waals surface area (Å²) in [7, 11) is 1.93. The maximum atomic E-state index is 13.5. The molecule has 4 aromatic rings. The Kier molecular flexibility index (Phi) is 6.04. The Balaban J connectivity index is 1.48. The van der Waals surface area contributed by atoms with Gasteiger partial charge in [-0.2, -0.15) is 17.0 Å². The summed E-state index contributed by atoms with van der Waals surface area (Å²) in [5.41, 5.74) is 3.35. The molecular weight excluding hydrogens is 493 g/mol. The van der Waals surface area contributed by atoms with Crippen LogP contribution in [0.25, 0.3) is 22.0 Å². The van der Waals surface area contributed by atoms with Crippen molar-refractivity contribution in [1.82, 2.24) is 14.9 Å². The van der Waals surface area contributed by atoms with Crippen LogP contribution in [0, 0.1) is 17.1 Å². The second-order valence-electron chi connectivity index (χ2n) is 9.18. The van der Waals surface area contributed by atoms with Crippen molar-refractivity contribution < 1.29 is 4.39 Å². The van der Waals surface area contributed by atoms with Gasteiger partial charge in [0, 0.05) is 59.7 Å². The van der Waals surface area contributed by atoms with Crippen molar-refractivity contribution in [3.8, 4) is 17.3 Å². The Morgan fingerprint density at radius 1 is 1.19 bits per heavy atom. The van der Waals surface area contributed by atoms with E-state index in [2.05, 4.69) is 23.5 Å². The summed E-state index contributed by atoms with van der Waals surface area (Å²) in [6.07, 6.45) is 3.95. The van der Waals surface area contributed by atoms with E-state index in [1.807, 2.05) is 40.5 Å². The number of nitrogens with zero attached hydrogens (tertiary/aromatic N) is 4. The maximum absolute atomic E-state index is 13.5. The molecule has 2 fully saturated rings. The quantitative estimate of drug-likeness (QED) is 0.371. The molecule has 2 aliphatic rings. The molecule has 9 heteroatoms. The third kappa shape index (κ3) is 4.19. The van der Waals surface area contributed by atoms with Crippen LogP contribution >= 0.6 is 23.1 Å². The predicted octanol–water partition coefficient (Wildman–Crippen LogP) is 5.62. The van der Waals surface area contributed by atoms with Crippen molar-refractivity contribution in [2.45, 2.75) is 24.1 Å². The number of thioether (sulfide) groups is 1. The molecule has 1 aliphatic heterocycles. The summed E-state index contributed by atoms with van der Waals surface area (Å²) in [6, 6.07) is 14.7. The van der Waals surface area contributed by atoms with Gasteiger partial charge in [0.1, 0.15) is 22.5 Å². The third-order valence-electron chi connectivity index (χ3n) is 6.77. The average Bonchev–Trinajstić information content (AvgIpc) is 3.67. The Hall–Kier alpha value is -3.19. The maximum Gasteiger partial charge on any atom is 0.258 e. The summed E-state index contributed by atoms with van der Waals surface area (Å²) in [5.74, 6) is 0.724. The van der Waals surface area contributed by atoms with Gasteiger partial charge in [-0.1, -0.05) is 17.4 Å². The van der Waals surface area contributed by atoms with Gasteiger partial charge in [0.25, 0.3) is 5.56 Å². The number of aromatic nitrogens is 2. The van der Waals surface area contributed by atoms with E-state index in [0.29, 0.717) is 31.9 Å². The van der Waals surface area contributed by atoms with Gasteiger partial charge in [0.15, 0.2) is 5.13 Å². The molecule has 6 nitrogen and oxygen atoms in total. The second kappa shape index (κ2) is 9.36. The lowest BCUT2D eigenvalue weighted by molar-refractivity contribution is 0.628. The minimum absolute atomic E-state index is 0.0366. The molecule has 2 aromatic heterocycles. The summed E-state index contributed by atoms with van der Waals surface area (Å²) in [6.45, 7) is 1.91. The SMILES string of the molecule is CN(c1nc(-c2ccc(F)cc2)c(C#N)s1)c1cn(C2CC2)c(=O)c2ccc(C3CNCCS3)cc12. The first-order valence-electron chi connectivity index (χ1n) is 11.9. The molecule has 1 unspecified atom stereocenters. The standard InChI is InChI=1S/C27H24FN5OS2/c1-32(27-31-25(23(13-29)36-27)16-2-5-18(28)6-3-16)22-15-33(19-7-8-19)26(34)20-9-4-17(12-21(20)22)24-14-30-10-11-35-24/h2-6,9,12,15,19,24,30H,7-8,10-11,14H2,1H3. The summed E-state index contributed by atoms with van der Waals surface area (Å²) in [5, 5.41) is 15.8. The monoisotopic (exact) mass is 517 g/mol. The topological polar surface area (TPSA) is 74.0 Å². The number of hydrogen-bond donors (Lipinski definition) is 1. The van der Waals surface area contributed by atoms with Crippen LogP contribution in [0.15, 0.2) is 53.5 Å². The largest absolute Gasteiger partial charge is 0.319 e. The number of rotatable bonds is 5. The fourth-order valence-corrected chi connectivity index (χ4v) is 6.65. The average molecular weight is 518 g/mol. The Bertz CT molecular complexity index is 1550. The number of benzene rings is 2. The number of nitrogens with one attached hydrogen (secondary N) is 1. The van der Waals surface area contributed by atoms with Crippen molar-refractivity contribution in [1.29, 1.82) is 5.26 Å². The molecule has 3 heterocycles. The van der Waals surface area contributed by atoms with Crippen molar-refractivity contribution in [2.24, 2.45) is 0 Å². The number of halogens is 1. The first kappa shape index (κ1) is 23.2. The normalized spacial score (nSPS) is 17.8. The van der Waals surface area contributed by atoms with Gasteiger partial charge >= 0.3 is 0 Å². The smallest absolute Gasteiger partial charge is 0.258 e. The minimum atomic E-state index is -0.333. The molecule has 182 valence electrons. The summed E-state index contributed by atoms with van der Waals surface area (Å²) in [4.78, 5) is 20.6. The lowest BCUT2D eigenvalue weighted by Gasteiger charge is -2.24. The van der Waals surface area contributed by atoms with Crippen LogP contribution in [0.1, 0.15) is 34.6 Å². The Morgan fingerprint density at radius 2 is 2.00 bits per heavy atom. The zero-order valence-corrected chi connectivity index (χ0v) is 21.3. The molecular formula is C27H24FN5OS2. The van der Waals surface area contributed by atoms with Crippen LogP contribution in [0.4, 0.5) is 15.2 Å². The number of fused-ring (bicyclic) bond motifs is 1. The number of hydrogen-bond acceptors (Lipinski definition) is 7. The predicted molar refractivity (Wildman–Crippen MR) is 145 cm³/mol. The molecule has 0 radical (unpaired) electrons. The first-order valence-corrected chi connectivity index (χ1v) is 13.8. The van der Waals surface area contributed by atoms with E-state index < -0.39 is 0 Å². The van der Waals surface area contributed by atoms with Crippen LogP contribution in [0.2, 0.25) is 0 Å². The molecule has 1 saturated carbocycles. The highest BCUT2D eigenvalue weighted by Gasteiger charge is 2.28. The first-order chi connectivity index (χ1) is 17.5. The summed E-state index contributed by atoms with van der Waals surface area (Å²) >= 11 is 3.23. The molecule has 0 amide bonds. The van der Waals surface area contributed by atoms with E-state index in [1.54, 1.807) is 12.1 Å². The van der Waals surface area contributed by atoms with Crippen LogP contribution in [-0.2, 0) is 0 Å². The molecule has 0 bridgehead atoms. The van der Waals surface area contributed by atoms with E-state index >= 15 is 0 Å². The molecule has 6 rings (SSSR count). The third-order valence-corrected chi connectivity index (χ3v) is 9.09. The van der Waals surface area contributed by atoms with Crippen LogP contribution in [0.3, 0.4) is 0 Å². The van der Waals surface area contributed by atoms with Gasteiger partial charge in [-0.3, -0.25) is 4.79 Å². The molecule has 36 heavy (non-hydrogen) atoms. The fraction of sp³-hybridized carbons (Fsp3) is 0.296. The molecule has 1 N–H and O–H groups in total. The summed E-state index contributed by atoms with van der Waals surface area (Å²) < 4.78 is 15.3. The number of nitriles is 1. The fourth-order valence-electron chi connectivity index (χ4n) is 4.66. The number of thiazole rings is 1. The van der Waals surface area contributed by atoms with Gasteiger partial charge in [0.05, 0.1) is 5.69 Å². The van der Waals surface area contributed by atoms with E-state index in [-0.39, 0.29) is 17.4 Å². The zero-order chi connectivity index (χ0) is 24.8. The Morgan fingerprint density at radius 3 is 2.69 bits per heavy atom. The van der Waals surface area contributed by atoms with E-state index in [9.17, 15) is 14.4 Å². The molecule has 1 atom stereocenters. The van der Waals surface area contributed by atoms with Gasteiger partial charge in [-0.25, -0.2) is 9.37 Å². The van der Waals surface area contributed by atoms with Gasteiger partial charge in [-0.05, 0) is 54.8 Å². The van der Waals surface area contributed by atoms with E-state index in [1.165, 1.54) is 29.0 Å². The molecule has 0 spiro atoms.